The van der Waals surface area contributed by atoms with Crippen LogP contribution in [0.15, 0.2) is 46.1 Å². The molecule has 3 rings (SSSR count). The molecule has 2 heterocycles. The first-order valence-electron chi connectivity index (χ1n) is 10.6. The van der Waals surface area contributed by atoms with Crippen molar-refractivity contribution in [1.29, 1.82) is 0 Å². The average molecular weight is 490 g/mol. The molecular formula is C22H27N5O4S2. The van der Waals surface area contributed by atoms with E-state index in [9.17, 15) is 18.0 Å². The van der Waals surface area contributed by atoms with Crippen molar-refractivity contribution >= 4 is 27.3 Å². The highest BCUT2D eigenvalue weighted by molar-refractivity contribution is 7.89. The van der Waals surface area contributed by atoms with Crippen LogP contribution in [0.3, 0.4) is 0 Å². The molecule has 0 aliphatic rings. The lowest BCUT2D eigenvalue weighted by atomic mass is 10.2. The van der Waals surface area contributed by atoms with Gasteiger partial charge in [-0.15, -0.1) is 11.3 Å². The summed E-state index contributed by atoms with van der Waals surface area (Å²) in [5.74, 6) is -0.361. The number of aryl methyl sites for hydroxylation is 2. The van der Waals surface area contributed by atoms with Crippen molar-refractivity contribution in [3.8, 4) is 10.6 Å². The summed E-state index contributed by atoms with van der Waals surface area (Å²) in [6, 6.07) is 8.94. The number of sulfonamides is 1. The Morgan fingerprint density at radius 3 is 2.33 bits per heavy atom. The maximum Gasteiger partial charge on any atom is 0.266 e. The summed E-state index contributed by atoms with van der Waals surface area (Å²) in [6.07, 6.45) is 0. The van der Waals surface area contributed by atoms with E-state index in [1.54, 1.807) is 19.9 Å². The number of carbonyl (C=O) groups excluding carboxylic acids is 1. The minimum atomic E-state index is -3.58. The number of nitrogens with one attached hydrogen (secondary N) is 1. The van der Waals surface area contributed by atoms with Crippen molar-refractivity contribution in [3.05, 3.63) is 63.0 Å². The predicted octanol–water partition coefficient (Wildman–Crippen LogP) is 2.44. The number of hydrogen-bond donors (Lipinski definition) is 1. The lowest BCUT2D eigenvalue weighted by Crippen LogP contribution is -2.32. The van der Waals surface area contributed by atoms with Gasteiger partial charge in [0.1, 0.15) is 5.69 Å². The summed E-state index contributed by atoms with van der Waals surface area (Å²) < 4.78 is 27.8. The quantitative estimate of drug-likeness (QED) is 0.494. The fourth-order valence-corrected chi connectivity index (χ4v) is 5.71. The average Bonchev–Trinajstić information content (AvgIpc) is 3.13. The summed E-state index contributed by atoms with van der Waals surface area (Å²) in [5, 5.41) is 8.08. The van der Waals surface area contributed by atoms with Crippen molar-refractivity contribution in [1.82, 2.24) is 24.4 Å². The third-order valence-electron chi connectivity index (χ3n) is 5.07. The Balaban J connectivity index is 1.66. The third-order valence-corrected chi connectivity index (χ3v) is 8.23. The van der Waals surface area contributed by atoms with Crippen molar-refractivity contribution in [2.24, 2.45) is 0 Å². The van der Waals surface area contributed by atoms with Crippen LogP contribution in [-0.2, 0) is 16.6 Å². The van der Waals surface area contributed by atoms with Gasteiger partial charge in [0.2, 0.25) is 10.0 Å². The summed E-state index contributed by atoms with van der Waals surface area (Å²) in [5.41, 5.74) is 1.58. The van der Waals surface area contributed by atoms with Crippen LogP contribution in [0, 0.1) is 13.8 Å². The highest BCUT2D eigenvalue weighted by Crippen LogP contribution is 2.27. The van der Waals surface area contributed by atoms with Gasteiger partial charge in [0, 0.05) is 31.3 Å². The molecule has 0 bridgehead atoms. The number of hydrogen-bond acceptors (Lipinski definition) is 7. The van der Waals surface area contributed by atoms with E-state index in [4.69, 9.17) is 0 Å². The zero-order chi connectivity index (χ0) is 24.2. The van der Waals surface area contributed by atoms with Crippen LogP contribution in [0.5, 0.6) is 0 Å². The van der Waals surface area contributed by atoms with E-state index in [1.807, 2.05) is 13.8 Å². The fraction of sp³-hybridized carbons (Fsp3) is 0.364. The summed E-state index contributed by atoms with van der Waals surface area (Å²) in [4.78, 5) is 30.1. The van der Waals surface area contributed by atoms with Gasteiger partial charge in [-0.25, -0.2) is 18.1 Å². The van der Waals surface area contributed by atoms with Crippen LogP contribution in [0.1, 0.15) is 34.9 Å². The van der Waals surface area contributed by atoms with Gasteiger partial charge in [-0.3, -0.25) is 9.59 Å². The first-order valence-corrected chi connectivity index (χ1v) is 12.8. The zero-order valence-electron chi connectivity index (χ0n) is 19.0. The molecule has 0 fully saturated rings. The lowest BCUT2D eigenvalue weighted by Gasteiger charge is -2.18. The van der Waals surface area contributed by atoms with E-state index in [1.165, 1.54) is 50.7 Å². The van der Waals surface area contributed by atoms with E-state index in [0.29, 0.717) is 24.3 Å². The Labute approximate surface area is 197 Å². The molecule has 0 aliphatic heterocycles. The van der Waals surface area contributed by atoms with Gasteiger partial charge in [0.05, 0.1) is 27.0 Å². The number of nitrogens with zero attached hydrogens (tertiary/aromatic N) is 4. The number of carbonyl (C=O) groups is 1. The van der Waals surface area contributed by atoms with E-state index in [0.717, 1.165) is 15.6 Å². The molecule has 1 N–H and O–H groups in total. The van der Waals surface area contributed by atoms with Crippen molar-refractivity contribution in [2.75, 3.05) is 19.6 Å². The summed E-state index contributed by atoms with van der Waals surface area (Å²) >= 11 is 1.51. The molecule has 11 heteroatoms. The third kappa shape index (κ3) is 5.55. The topological polar surface area (TPSA) is 114 Å². The minimum Gasteiger partial charge on any atom is -0.350 e. The maximum atomic E-state index is 12.6. The predicted molar refractivity (Wildman–Crippen MR) is 128 cm³/mol. The smallest absolute Gasteiger partial charge is 0.266 e. The van der Waals surface area contributed by atoms with Crippen LogP contribution in [0.4, 0.5) is 0 Å². The van der Waals surface area contributed by atoms with E-state index < -0.39 is 10.0 Å². The molecule has 1 amide bonds. The normalized spacial score (nSPS) is 11.7. The van der Waals surface area contributed by atoms with E-state index >= 15 is 0 Å². The molecule has 9 nitrogen and oxygen atoms in total. The molecule has 3 aromatic rings. The van der Waals surface area contributed by atoms with Gasteiger partial charge in [-0.05, 0) is 44.2 Å². The molecule has 0 atom stereocenters. The SMILES string of the molecule is CCN(CC)S(=O)(=O)c1ccc(C(=O)NCCn2nc(-c3sc(C)nc3C)ccc2=O)cc1. The fourth-order valence-electron chi connectivity index (χ4n) is 3.37. The molecule has 0 radical (unpaired) electrons. The number of benzene rings is 1. The molecular weight excluding hydrogens is 462 g/mol. The Hall–Kier alpha value is -2.89. The molecule has 176 valence electrons. The molecule has 0 saturated heterocycles. The molecule has 0 aliphatic carbocycles. The van der Waals surface area contributed by atoms with Gasteiger partial charge in [0.25, 0.3) is 11.5 Å². The van der Waals surface area contributed by atoms with Crippen LogP contribution < -0.4 is 10.9 Å². The minimum absolute atomic E-state index is 0.143. The molecule has 1 aromatic carbocycles. The number of thiazole rings is 1. The zero-order valence-corrected chi connectivity index (χ0v) is 20.7. The Morgan fingerprint density at radius 1 is 1.09 bits per heavy atom. The highest BCUT2D eigenvalue weighted by atomic mass is 32.2. The second kappa shape index (κ2) is 10.4. The Bertz CT molecular complexity index is 1290. The van der Waals surface area contributed by atoms with E-state index in [-0.39, 0.29) is 29.5 Å². The van der Waals surface area contributed by atoms with Crippen molar-refractivity contribution < 1.29 is 13.2 Å². The molecule has 0 spiro atoms. The van der Waals surface area contributed by atoms with E-state index in [2.05, 4.69) is 15.4 Å². The standard InChI is InChI=1S/C22H27N5O4S2/c1-5-26(6-2)33(30,31)18-9-7-17(8-10-18)22(29)23-13-14-27-20(28)12-11-19(25-27)21-15(3)24-16(4)32-21/h7-12H,5-6,13-14H2,1-4H3,(H,23,29). The molecule has 2 aromatic heterocycles. The van der Waals surface area contributed by atoms with Gasteiger partial charge in [-0.2, -0.15) is 9.40 Å². The van der Waals surface area contributed by atoms with Gasteiger partial charge < -0.3 is 5.32 Å². The second-order valence-electron chi connectivity index (χ2n) is 7.30. The lowest BCUT2D eigenvalue weighted by molar-refractivity contribution is 0.0951. The largest absolute Gasteiger partial charge is 0.350 e. The van der Waals surface area contributed by atoms with Crippen LogP contribution in [0.2, 0.25) is 0 Å². The number of aromatic nitrogens is 3. The molecule has 0 saturated carbocycles. The van der Waals surface area contributed by atoms with Crippen LogP contribution in [0.25, 0.3) is 10.6 Å². The van der Waals surface area contributed by atoms with Gasteiger partial charge in [0.15, 0.2) is 0 Å². The van der Waals surface area contributed by atoms with Crippen molar-refractivity contribution in [3.63, 3.8) is 0 Å². The van der Waals surface area contributed by atoms with Crippen LogP contribution >= 0.6 is 11.3 Å². The second-order valence-corrected chi connectivity index (χ2v) is 10.4. The van der Waals surface area contributed by atoms with Gasteiger partial charge >= 0.3 is 0 Å². The monoisotopic (exact) mass is 489 g/mol. The first kappa shape index (κ1) is 24.7. The summed E-state index contributed by atoms with van der Waals surface area (Å²) in [6.45, 7) is 8.50. The number of amides is 1. The maximum absolute atomic E-state index is 12.6. The van der Waals surface area contributed by atoms with Crippen LogP contribution in [-0.4, -0.2) is 53.0 Å². The highest BCUT2D eigenvalue weighted by Gasteiger charge is 2.21. The van der Waals surface area contributed by atoms with Crippen molar-refractivity contribution in [2.45, 2.75) is 39.1 Å². The molecule has 33 heavy (non-hydrogen) atoms. The number of rotatable bonds is 9. The Morgan fingerprint density at radius 2 is 1.76 bits per heavy atom. The Kier molecular flexibility index (Phi) is 7.77. The first-order chi connectivity index (χ1) is 15.7. The molecule has 0 unspecified atom stereocenters. The van der Waals surface area contributed by atoms with Gasteiger partial charge in [-0.1, -0.05) is 13.8 Å². The summed E-state index contributed by atoms with van der Waals surface area (Å²) in [7, 11) is -3.58.